The van der Waals surface area contributed by atoms with Gasteiger partial charge in [0.05, 0.1) is 5.92 Å². The van der Waals surface area contributed by atoms with E-state index in [1.54, 1.807) is 0 Å². The van der Waals surface area contributed by atoms with Gasteiger partial charge in [-0.2, -0.15) is 0 Å². The molecule has 1 saturated carbocycles. The molecule has 1 fully saturated rings. The zero-order valence-electron chi connectivity index (χ0n) is 6.63. The molecule has 62 valence electrons. The van der Waals surface area contributed by atoms with E-state index in [0.29, 0.717) is 12.1 Å². The number of hydrogen-bond donors (Lipinski definition) is 2. The van der Waals surface area contributed by atoms with Crippen LogP contribution < -0.4 is 0 Å². The lowest BCUT2D eigenvalue weighted by molar-refractivity contribution is -0.139. The molecule has 0 bridgehead atoms. The summed E-state index contributed by atoms with van der Waals surface area (Å²) in [5.74, 6) is -1.08. The third-order valence-corrected chi connectivity index (χ3v) is 2.10. The summed E-state index contributed by atoms with van der Waals surface area (Å²) in [4.78, 5) is 10.6. The molecule has 0 amide bonds. The SMILES string of the molecule is CCC(C(=N)C1CC1)C(=O)O. The Morgan fingerprint density at radius 2 is 2.27 bits per heavy atom. The Kier molecular flexibility index (Phi) is 2.27. The molecule has 0 aromatic rings. The summed E-state index contributed by atoms with van der Waals surface area (Å²) in [6.45, 7) is 1.82. The number of rotatable bonds is 4. The van der Waals surface area contributed by atoms with Crippen LogP contribution >= 0.6 is 0 Å². The van der Waals surface area contributed by atoms with Crippen LogP contribution in [0.1, 0.15) is 26.2 Å². The van der Waals surface area contributed by atoms with E-state index in [1.807, 2.05) is 6.92 Å². The van der Waals surface area contributed by atoms with Crippen molar-refractivity contribution in [1.29, 1.82) is 5.41 Å². The molecule has 11 heavy (non-hydrogen) atoms. The molecule has 0 spiro atoms. The lowest BCUT2D eigenvalue weighted by Gasteiger charge is -2.09. The minimum Gasteiger partial charge on any atom is -0.481 e. The number of carboxylic acids is 1. The van der Waals surface area contributed by atoms with Crippen molar-refractivity contribution in [2.75, 3.05) is 0 Å². The first-order chi connectivity index (χ1) is 5.16. The maximum absolute atomic E-state index is 10.6. The Hall–Kier alpha value is -0.860. The lowest BCUT2D eigenvalue weighted by Crippen LogP contribution is -2.23. The molecule has 0 aromatic carbocycles. The fourth-order valence-electron chi connectivity index (χ4n) is 1.21. The van der Waals surface area contributed by atoms with Crippen LogP contribution in [-0.4, -0.2) is 16.8 Å². The zero-order valence-corrected chi connectivity index (χ0v) is 6.63. The van der Waals surface area contributed by atoms with Crippen molar-refractivity contribution < 1.29 is 9.90 Å². The van der Waals surface area contributed by atoms with Gasteiger partial charge in [-0.25, -0.2) is 0 Å². The van der Waals surface area contributed by atoms with Gasteiger partial charge >= 0.3 is 5.97 Å². The molecule has 0 aromatic heterocycles. The van der Waals surface area contributed by atoms with E-state index in [0.717, 1.165) is 12.8 Å². The predicted molar refractivity (Wildman–Crippen MR) is 41.9 cm³/mol. The molecular weight excluding hydrogens is 142 g/mol. The number of carboxylic acid groups (broad SMARTS) is 1. The van der Waals surface area contributed by atoms with Crippen LogP contribution in [0.4, 0.5) is 0 Å². The van der Waals surface area contributed by atoms with Crippen molar-refractivity contribution in [2.24, 2.45) is 11.8 Å². The van der Waals surface area contributed by atoms with Gasteiger partial charge in [0, 0.05) is 5.71 Å². The van der Waals surface area contributed by atoms with Gasteiger partial charge in [0.15, 0.2) is 0 Å². The molecule has 3 heteroatoms. The molecule has 1 atom stereocenters. The first kappa shape index (κ1) is 8.24. The number of nitrogens with one attached hydrogen (secondary N) is 1. The van der Waals surface area contributed by atoms with Crippen LogP contribution in [0, 0.1) is 17.2 Å². The summed E-state index contributed by atoms with van der Waals surface area (Å²) < 4.78 is 0. The van der Waals surface area contributed by atoms with Gasteiger partial charge < -0.3 is 10.5 Å². The van der Waals surface area contributed by atoms with Crippen LogP contribution in [0.3, 0.4) is 0 Å². The van der Waals surface area contributed by atoms with Crippen molar-refractivity contribution in [3.63, 3.8) is 0 Å². The van der Waals surface area contributed by atoms with Crippen LogP contribution in [0.15, 0.2) is 0 Å². The normalized spacial score (nSPS) is 19.4. The highest BCUT2D eigenvalue weighted by atomic mass is 16.4. The van der Waals surface area contributed by atoms with Crippen molar-refractivity contribution in [3.05, 3.63) is 0 Å². The number of carbonyl (C=O) groups is 1. The maximum Gasteiger partial charge on any atom is 0.312 e. The van der Waals surface area contributed by atoms with Crippen molar-refractivity contribution >= 4 is 11.7 Å². The quantitative estimate of drug-likeness (QED) is 0.605. The molecule has 1 aliphatic carbocycles. The van der Waals surface area contributed by atoms with E-state index in [-0.39, 0.29) is 5.92 Å². The summed E-state index contributed by atoms with van der Waals surface area (Å²) in [6.07, 6.45) is 2.58. The lowest BCUT2D eigenvalue weighted by atomic mass is 9.97. The Bertz CT molecular complexity index is 185. The van der Waals surface area contributed by atoms with E-state index in [9.17, 15) is 4.79 Å². The number of aliphatic carboxylic acids is 1. The smallest absolute Gasteiger partial charge is 0.312 e. The van der Waals surface area contributed by atoms with Gasteiger partial charge in [0.25, 0.3) is 0 Å². The monoisotopic (exact) mass is 155 g/mol. The van der Waals surface area contributed by atoms with E-state index >= 15 is 0 Å². The highest BCUT2D eigenvalue weighted by molar-refractivity contribution is 6.01. The van der Waals surface area contributed by atoms with Gasteiger partial charge in [0.1, 0.15) is 0 Å². The Morgan fingerprint density at radius 3 is 2.55 bits per heavy atom. The van der Waals surface area contributed by atoms with Gasteiger partial charge in [-0.1, -0.05) is 6.92 Å². The molecule has 0 saturated heterocycles. The summed E-state index contributed by atoms with van der Waals surface area (Å²) in [6, 6.07) is 0. The van der Waals surface area contributed by atoms with Gasteiger partial charge in [-0.15, -0.1) is 0 Å². The molecule has 0 radical (unpaired) electrons. The molecule has 1 rings (SSSR count). The fraction of sp³-hybridized carbons (Fsp3) is 0.750. The average Bonchev–Trinajstić information content (AvgIpc) is 2.68. The van der Waals surface area contributed by atoms with Crippen molar-refractivity contribution in [1.82, 2.24) is 0 Å². The zero-order chi connectivity index (χ0) is 8.43. The van der Waals surface area contributed by atoms with Crippen molar-refractivity contribution in [2.45, 2.75) is 26.2 Å². The first-order valence-electron chi connectivity index (χ1n) is 3.98. The van der Waals surface area contributed by atoms with E-state index in [4.69, 9.17) is 10.5 Å². The summed E-state index contributed by atoms with van der Waals surface area (Å²) in [5, 5.41) is 16.2. The highest BCUT2D eigenvalue weighted by Crippen LogP contribution is 2.33. The van der Waals surface area contributed by atoms with Gasteiger partial charge in [-0.05, 0) is 25.2 Å². The molecule has 1 unspecified atom stereocenters. The molecule has 1 aliphatic rings. The van der Waals surface area contributed by atoms with Crippen LogP contribution in [0.2, 0.25) is 0 Å². The van der Waals surface area contributed by atoms with Crippen molar-refractivity contribution in [3.8, 4) is 0 Å². The third-order valence-electron chi connectivity index (χ3n) is 2.10. The standard InChI is InChI=1S/C8H13NO2/c1-2-6(8(10)11)7(9)5-3-4-5/h5-6,9H,2-4H2,1H3,(H,10,11). The second-order valence-corrected chi connectivity index (χ2v) is 3.03. The maximum atomic E-state index is 10.6. The summed E-state index contributed by atoms with van der Waals surface area (Å²) >= 11 is 0. The fourth-order valence-corrected chi connectivity index (χ4v) is 1.21. The molecule has 2 N–H and O–H groups in total. The van der Waals surface area contributed by atoms with Crippen LogP contribution in [0.25, 0.3) is 0 Å². The topological polar surface area (TPSA) is 61.2 Å². The largest absolute Gasteiger partial charge is 0.481 e. The van der Waals surface area contributed by atoms with Gasteiger partial charge in [-0.3, -0.25) is 4.79 Å². The molecule has 0 heterocycles. The average molecular weight is 155 g/mol. The molecular formula is C8H13NO2. The van der Waals surface area contributed by atoms with Gasteiger partial charge in [0.2, 0.25) is 0 Å². The minimum atomic E-state index is -0.843. The summed E-state index contributed by atoms with van der Waals surface area (Å²) in [7, 11) is 0. The minimum absolute atomic E-state index is 0.288. The van der Waals surface area contributed by atoms with E-state index in [2.05, 4.69) is 0 Å². The summed E-state index contributed by atoms with van der Waals surface area (Å²) in [5.41, 5.74) is 0.431. The number of hydrogen-bond acceptors (Lipinski definition) is 2. The molecule has 3 nitrogen and oxygen atoms in total. The van der Waals surface area contributed by atoms with Crippen LogP contribution in [0.5, 0.6) is 0 Å². The Morgan fingerprint density at radius 1 is 1.73 bits per heavy atom. The Balaban J connectivity index is 2.52. The molecule has 0 aliphatic heterocycles. The first-order valence-corrected chi connectivity index (χ1v) is 3.98. The van der Waals surface area contributed by atoms with E-state index < -0.39 is 11.9 Å². The Labute approximate surface area is 65.9 Å². The highest BCUT2D eigenvalue weighted by Gasteiger charge is 2.33. The second kappa shape index (κ2) is 3.03. The predicted octanol–water partition coefficient (Wildman–Crippen LogP) is 1.53. The second-order valence-electron chi connectivity index (χ2n) is 3.03. The van der Waals surface area contributed by atoms with E-state index in [1.165, 1.54) is 0 Å². The third kappa shape index (κ3) is 1.79. The van der Waals surface area contributed by atoms with Crippen LogP contribution in [-0.2, 0) is 4.79 Å².